The number of benzene rings is 2. The summed E-state index contributed by atoms with van der Waals surface area (Å²) in [5, 5.41) is 5.46. The molecule has 0 saturated carbocycles. The van der Waals surface area contributed by atoms with Gasteiger partial charge >= 0.3 is 0 Å². The summed E-state index contributed by atoms with van der Waals surface area (Å²) in [6.07, 6.45) is 2.09. The molecule has 1 N–H and O–H groups in total. The topological polar surface area (TPSA) is 24.9 Å². The smallest absolute Gasteiger partial charge is 0.0923 e. The maximum atomic E-state index is 6.39. The van der Waals surface area contributed by atoms with Gasteiger partial charge in [-0.05, 0) is 30.7 Å². The van der Waals surface area contributed by atoms with Gasteiger partial charge in [0.2, 0.25) is 0 Å². The number of halogens is 2. The molecule has 22 heavy (non-hydrogen) atoms. The molecule has 0 radical (unpaired) electrons. The number of anilines is 1. The fourth-order valence-corrected chi connectivity index (χ4v) is 3.38. The summed E-state index contributed by atoms with van der Waals surface area (Å²) in [5.74, 6) is 0. The number of allylic oxidation sites excluding steroid dienone is 1. The van der Waals surface area contributed by atoms with E-state index in [9.17, 15) is 0 Å². The van der Waals surface area contributed by atoms with E-state index < -0.39 is 0 Å². The first-order valence-corrected chi connectivity index (χ1v) is 7.72. The largest absolute Gasteiger partial charge is 0.357 e. The van der Waals surface area contributed by atoms with Crippen LogP contribution >= 0.6 is 23.2 Å². The Morgan fingerprint density at radius 3 is 2.55 bits per heavy atom. The SMILES string of the molecule is CC1=Cc2cc(-c3ccccc3)nc3c(Cl)cc(Cl)c(c23)N1. The van der Waals surface area contributed by atoms with Gasteiger partial charge in [-0.3, -0.25) is 0 Å². The minimum Gasteiger partial charge on any atom is -0.357 e. The minimum absolute atomic E-state index is 0.567. The summed E-state index contributed by atoms with van der Waals surface area (Å²) >= 11 is 12.7. The van der Waals surface area contributed by atoms with E-state index in [4.69, 9.17) is 28.2 Å². The zero-order valence-electron chi connectivity index (χ0n) is 11.8. The van der Waals surface area contributed by atoms with Crippen LogP contribution in [0.1, 0.15) is 12.5 Å². The number of rotatable bonds is 1. The molecule has 0 bridgehead atoms. The molecule has 0 atom stereocenters. The molecule has 4 heteroatoms. The van der Waals surface area contributed by atoms with Crippen LogP contribution in [0.2, 0.25) is 10.0 Å². The fourth-order valence-electron chi connectivity index (χ4n) is 2.83. The molecule has 2 heterocycles. The molecule has 0 spiro atoms. The lowest BCUT2D eigenvalue weighted by Gasteiger charge is -2.20. The van der Waals surface area contributed by atoms with E-state index in [-0.39, 0.29) is 0 Å². The van der Waals surface area contributed by atoms with Gasteiger partial charge in [0.15, 0.2) is 0 Å². The Bertz CT molecular complexity index is 931. The van der Waals surface area contributed by atoms with Crippen LogP contribution in [-0.4, -0.2) is 4.98 Å². The highest BCUT2D eigenvalue weighted by atomic mass is 35.5. The van der Waals surface area contributed by atoms with Crippen molar-refractivity contribution in [2.24, 2.45) is 0 Å². The lowest BCUT2D eigenvalue weighted by molar-refractivity contribution is 1.35. The van der Waals surface area contributed by atoms with Crippen LogP contribution in [0.3, 0.4) is 0 Å². The molecule has 0 fully saturated rings. The summed E-state index contributed by atoms with van der Waals surface area (Å²) in [7, 11) is 0. The highest BCUT2D eigenvalue weighted by Gasteiger charge is 2.19. The van der Waals surface area contributed by atoms with Crippen molar-refractivity contribution >= 4 is 45.9 Å². The standard InChI is InChI=1S/C18H12Cl2N2/c1-10-7-12-8-15(11-5-3-2-4-6-11)22-18-14(20)9-13(19)17(21-10)16(12)18/h2-9,21H,1H3. The highest BCUT2D eigenvalue weighted by molar-refractivity contribution is 6.41. The lowest BCUT2D eigenvalue weighted by atomic mass is 9.99. The molecule has 1 aliphatic heterocycles. The van der Waals surface area contributed by atoms with Gasteiger partial charge in [0, 0.05) is 16.6 Å². The molecule has 0 amide bonds. The normalized spacial score (nSPS) is 13.0. The van der Waals surface area contributed by atoms with Crippen molar-refractivity contribution < 1.29 is 0 Å². The van der Waals surface area contributed by atoms with Gasteiger partial charge in [0.25, 0.3) is 0 Å². The first-order chi connectivity index (χ1) is 10.6. The number of nitrogens with zero attached hydrogens (tertiary/aromatic N) is 1. The molecule has 0 aliphatic carbocycles. The molecule has 3 aromatic rings. The van der Waals surface area contributed by atoms with Crippen LogP contribution in [0.15, 0.2) is 48.2 Å². The summed E-state index contributed by atoms with van der Waals surface area (Å²) in [6, 6.07) is 13.9. The number of hydrogen-bond donors (Lipinski definition) is 1. The van der Waals surface area contributed by atoms with Crippen molar-refractivity contribution in [3.05, 3.63) is 63.8 Å². The zero-order chi connectivity index (χ0) is 15.3. The summed E-state index contributed by atoms with van der Waals surface area (Å²) < 4.78 is 0. The van der Waals surface area contributed by atoms with Crippen molar-refractivity contribution in [3.63, 3.8) is 0 Å². The second-order valence-corrected chi connectivity index (χ2v) is 6.17. The van der Waals surface area contributed by atoms with E-state index in [0.29, 0.717) is 10.0 Å². The number of pyridine rings is 1. The molecule has 0 saturated heterocycles. The van der Waals surface area contributed by atoms with Crippen LogP contribution in [0.5, 0.6) is 0 Å². The molecule has 1 aliphatic rings. The zero-order valence-corrected chi connectivity index (χ0v) is 13.3. The Morgan fingerprint density at radius 1 is 1.00 bits per heavy atom. The number of hydrogen-bond acceptors (Lipinski definition) is 2. The van der Waals surface area contributed by atoms with Crippen LogP contribution in [0, 0.1) is 0 Å². The maximum absolute atomic E-state index is 6.39. The molecule has 4 rings (SSSR count). The molecule has 0 unspecified atom stereocenters. The Kier molecular flexibility index (Phi) is 3.10. The van der Waals surface area contributed by atoms with E-state index in [0.717, 1.165) is 39.1 Å². The van der Waals surface area contributed by atoms with Crippen LogP contribution < -0.4 is 5.32 Å². The minimum atomic E-state index is 0.567. The fraction of sp³-hybridized carbons (Fsp3) is 0.0556. The predicted molar refractivity (Wildman–Crippen MR) is 94.5 cm³/mol. The van der Waals surface area contributed by atoms with E-state index in [1.807, 2.05) is 37.3 Å². The van der Waals surface area contributed by atoms with Gasteiger partial charge in [-0.15, -0.1) is 0 Å². The first-order valence-electron chi connectivity index (χ1n) is 6.97. The predicted octanol–water partition coefficient (Wildman–Crippen LogP) is 5.99. The second kappa shape index (κ2) is 5.01. The third-order valence-electron chi connectivity index (χ3n) is 3.78. The Balaban J connectivity index is 2.10. The van der Waals surface area contributed by atoms with E-state index in [2.05, 4.69) is 17.5 Å². The van der Waals surface area contributed by atoms with Crippen molar-refractivity contribution in [2.45, 2.75) is 6.92 Å². The Hall–Kier alpha value is -2.03. The van der Waals surface area contributed by atoms with Crippen molar-refractivity contribution in [3.8, 4) is 11.3 Å². The van der Waals surface area contributed by atoms with Gasteiger partial charge < -0.3 is 5.32 Å². The summed E-state index contributed by atoms with van der Waals surface area (Å²) in [4.78, 5) is 4.75. The molecular formula is C18H12Cl2N2. The van der Waals surface area contributed by atoms with Gasteiger partial charge in [-0.25, -0.2) is 4.98 Å². The Labute approximate surface area is 138 Å². The average molecular weight is 327 g/mol. The van der Waals surface area contributed by atoms with Crippen molar-refractivity contribution in [1.29, 1.82) is 0 Å². The summed E-state index contributed by atoms with van der Waals surface area (Å²) in [6.45, 7) is 2.02. The highest BCUT2D eigenvalue weighted by Crippen LogP contribution is 2.42. The number of aromatic nitrogens is 1. The maximum Gasteiger partial charge on any atom is 0.0923 e. The van der Waals surface area contributed by atoms with Gasteiger partial charge in [0.1, 0.15) is 0 Å². The van der Waals surface area contributed by atoms with Crippen LogP contribution in [-0.2, 0) is 0 Å². The molecular weight excluding hydrogens is 315 g/mol. The van der Waals surface area contributed by atoms with E-state index in [1.165, 1.54) is 0 Å². The van der Waals surface area contributed by atoms with Crippen molar-refractivity contribution in [1.82, 2.24) is 4.98 Å². The quantitative estimate of drug-likeness (QED) is 0.593. The second-order valence-electron chi connectivity index (χ2n) is 5.35. The van der Waals surface area contributed by atoms with Crippen LogP contribution in [0.4, 0.5) is 5.69 Å². The molecule has 2 nitrogen and oxygen atoms in total. The molecule has 1 aromatic heterocycles. The third kappa shape index (κ3) is 2.07. The molecule has 2 aromatic carbocycles. The molecule has 108 valence electrons. The van der Waals surface area contributed by atoms with Gasteiger partial charge in [-0.1, -0.05) is 53.5 Å². The lowest BCUT2D eigenvalue weighted by Crippen LogP contribution is -2.04. The third-order valence-corrected chi connectivity index (χ3v) is 4.37. The Morgan fingerprint density at radius 2 is 1.77 bits per heavy atom. The van der Waals surface area contributed by atoms with Crippen LogP contribution in [0.25, 0.3) is 28.2 Å². The summed E-state index contributed by atoms with van der Waals surface area (Å²) in [5.41, 5.74) is 5.75. The van der Waals surface area contributed by atoms with Crippen molar-refractivity contribution in [2.75, 3.05) is 5.32 Å². The number of nitrogens with one attached hydrogen (secondary N) is 1. The monoisotopic (exact) mass is 326 g/mol. The average Bonchev–Trinajstić information content (AvgIpc) is 2.52. The van der Waals surface area contributed by atoms with E-state index >= 15 is 0 Å². The van der Waals surface area contributed by atoms with E-state index in [1.54, 1.807) is 6.07 Å². The van der Waals surface area contributed by atoms with Gasteiger partial charge in [-0.2, -0.15) is 0 Å². The first kappa shape index (κ1) is 13.6. The van der Waals surface area contributed by atoms with Gasteiger partial charge in [0.05, 0.1) is 26.9 Å².